The summed E-state index contributed by atoms with van der Waals surface area (Å²) in [6.07, 6.45) is 4.57. The molecule has 0 radical (unpaired) electrons. The topological polar surface area (TPSA) is 117 Å². The van der Waals surface area contributed by atoms with Crippen LogP contribution in [0.3, 0.4) is 0 Å². The van der Waals surface area contributed by atoms with E-state index in [0.717, 1.165) is 35.8 Å². The molecule has 1 aromatic carbocycles. The number of methoxy groups -OCH3 is 1. The molecule has 0 spiro atoms. The van der Waals surface area contributed by atoms with E-state index in [0.29, 0.717) is 22.9 Å². The molecular weight excluding hydrogens is 330 g/mol. The Morgan fingerprint density at radius 1 is 1.19 bits per heavy atom. The van der Waals surface area contributed by atoms with Crippen LogP contribution in [0.15, 0.2) is 30.5 Å². The van der Waals surface area contributed by atoms with Gasteiger partial charge in [-0.25, -0.2) is 9.78 Å². The number of aromatic nitrogens is 3. The summed E-state index contributed by atoms with van der Waals surface area (Å²) < 4.78 is 4.75. The van der Waals surface area contributed by atoms with Crippen LogP contribution in [0.5, 0.6) is 0 Å². The van der Waals surface area contributed by atoms with Crippen LogP contribution in [0.1, 0.15) is 39.4 Å². The molecular formula is C19H19N5O2. The number of esters is 1. The fourth-order valence-corrected chi connectivity index (χ4v) is 3.69. The van der Waals surface area contributed by atoms with Gasteiger partial charge >= 0.3 is 5.97 Å². The molecule has 0 saturated carbocycles. The van der Waals surface area contributed by atoms with Crippen molar-refractivity contribution >= 4 is 28.8 Å². The highest BCUT2D eigenvalue weighted by Gasteiger charge is 2.24. The molecule has 4 N–H and O–H groups in total. The average molecular weight is 349 g/mol. The summed E-state index contributed by atoms with van der Waals surface area (Å²) in [5.41, 5.74) is 16.4. The third-order valence-electron chi connectivity index (χ3n) is 4.98. The lowest BCUT2D eigenvalue weighted by Crippen LogP contribution is -2.15. The maximum absolute atomic E-state index is 11.6. The normalized spacial score (nSPS) is 16.3. The lowest BCUT2D eigenvalue weighted by atomic mass is 9.80. The van der Waals surface area contributed by atoms with Crippen molar-refractivity contribution in [3.05, 3.63) is 52.7 Å². The molecule has 1 unspecified atom stereocenters. The Balaban J connectivity index is 1.66. The smallest absolute Gasteiger partial charge is 0.337 e. The summed E-state index contributed by atoms with van der Waals surface area (Å²) in [5.74, 6) is 0.569. The van der Waals surface area contributed by atoms with Crippen molar-refractivity contribution < 1.29 is 9.53 Å². The number of aryl methyl sites for hydroxylation is 1. The number of hydrogen-bond acceptors (Lipinski definition) is 7. The molecule has 0 fully saturated rings. The first-order valence-electron chi connectivity index (χ1n) is 8.44. The van der Waals surface area contributed by atoms with Crippen LogP contribution in [0.25, 0.3) is 11.0 Å². The highest BCUT2D eigenvalue weighted by molar-refractivity contribution is 5.90. The van der Waals surface area contributed by atoms with E-state index < -0.39 is 0 Å². The molecule has 7 heteroatoms. The van der Waals surface area contributed by atoms with Crippen LogP contribution in [-0.4, -0.2) is 28.0 Å². The first-order chi connectivity index (χ1) is 12.6. The molecule has 132 valence electrons. The van der Waals surface area contributed by atoms with Gasteiger partial charge in [-0.05, 0) is 54.0 Å². The van der Waals surface area contributed by atoms with Crippen molar-refractivity contribution in [1.82, 2.24) is 15.0 Å². The number of nitrogens with two attached hydrogens (primary N) is 2. The highest BCUT2D eigenvalue weighted by Crippen LogP contribution is 2.36. The molecule has 4 rings (SSSR count). The molecule has 1 atom stereocenters. The van der Waals surface area contributed by atoms with Gasteiger partial charge in [-0.1, -0.05) is 12.1 Å². The third kappa shape index (κ3) is 2.71. The molecule has 0 saturated heterocycles. The van der Waals surface area contributed by atoms with E-state index >= 15 is 0 Å². The molecule has 0 bridgehead atoms. The minimum atomic E-state index is -0.323. The Morgan fingerprint density at radius 2 is 1.96 bits per heavy atom. The lowest BCUT2D eigenvalue weighted by molar-refractivity contribution is 0.0600. The van der Waals surface area contributed by atoms with Crippen LogP contribution in [0, 0.1) is 0 Å². The quantitative estimate of drug-likeness (QED) is 0.681. The third-order valence-corrected chi connectivity index (χ3v) is 4.98. The lowest BCUT2D eigenvalue weighted by Gasteiger charge is -2.26. The van der Waals surface area contributed by atoms with Crippen LogP contribution in [-0.2, 0) is 17.6 Å². The summed E-state index contributed by atoms with van der Waals surface area (Å²) in [4.78, 5) is 24.3. The number of carbonyl (C=O) groups is 1. The fraction of sp³-hybridized carbons (Fsp3) is 0.263. The highest BCUT2D eigenvalue weighted by atomic mass is 16.5. The number of anilines is 2. The minimum absolute atomic E-state index is 0.141. The van der Waals surface area contributed by atoms with Gasteiger partial charge in [0.05, 0.1) is 18.1 Å². The van der Waals surface area contributed by atoms with Gasteiger partial charge in [0.25, 0.3) is 0 Å². The van der Waals surface area contributed by atoms with Gasteiger partial charge in [-0.2, -0.15) is 9.97 Å². The standard InChI is InChI=1S/C19H19N5O2/c1-26-18(25)11-4-2-10(3-5-11)12-6-7-14-13(8-12)9-22-17-15(14)16(20)23-19(21)24-17/h2-5,9,12H,6-8H2,1H3,(H4,20,21,22,23,24). The number of ether oxygens (including phenoxy) is 1. The van der Waals surface area contributed by atoms with Crippen molar-refractivity contribution in [3.8, 4) is 0 Å². The van der Waals surface area contributed by atoms with E-state index in [1.165, 1.54) is 12.7 Å². The number of nitrogens with zero attached hydrogens (tertiary/aromatic N) is 3. The molecule has 26 heavy (non-hydrogen) atoms. The second-order valence-corrected chi connectivity index (χ2v) is 6.48. The Labute approximate surface area is 150 Å². The SMILES string of the molecule is COC(=O)c1ccc(C2CCc3c(cnc4nc(N)nc(N)c34)C2)cc1. The molecule has 2 heterocycles. The number of nitrogen functional groups attached to an aromatic ring is 2. The van der Waals surface area contributed by atoms with Gasteiger partial charge in [0.2, 0.25) is 5.95 Å². The van der Waals surface area contributed by atoms with Gasteiger partial charge in [0.15, 0.2) is 5.65 Å². The summed E-state index contributed by atoms with van der Waals surface area (Å²) in [6.45, 7) is 0. The number of rotatable bonds is 2. The Morgan fingerprint density at radius 3 is 2.69 bits per heavy atom. The van der Waals surface area contributed by atoms with Crippen LogP contribution < -0.4 is 11.5 Å². The molecule has 0 amide bonds. The van der Waals surface area contributed by atoms with E-state index in [1.807, 2.05) is 30.5 Å². The number of hydrogen-bond donors (Lipinski definition) is 2. The van der Waals surface area contributed by atoms with Crippen LogP contribution >= 0.6 is 0 Å². The molecule has 3 aromatic rings. The van der Waals surface area contributed by atoms with Crippen molar-refractivity contribution in [2.45, 2.75) is 25.2 Å². The Hall–Kier alpha value is -3.22. The maximum Gasteiger partial charge on any atom is 0.337 e. The molecule has 7 nitrogen and oxygen atoms in total. The zero-order valence-electron chi connectivity index (χ0n) is 14.4. The fourth-order valence-electron chi connectivity index (χ4n) is 3.69. The van der Waals surface area contributed by atoms with Gasteiger partial charge in [0, 0.05) is 6.20 Å². The van der Waals surface area contributed by atoms with E-state index in [9.17, 15) is 4.79 Å². The predicted molar refractivity (Wildman–Crippen MR) is 98.7 cm³/mol. The summed E-state index contributed by atoms with van der Waals surface area (Å²) in [7, 11) is 1.38. The van der Waals surface area contributed by atoms with E-state index in [2.05, 4.69) is 15.0 Å². The monoisotopic (exact) mass is 349 g/mol. The number of benzene rings is 1. The second kappa shape index (κ2) is 6.25. The van der Waals surface area contributed by atoms with Gasteiger partial charge < -0.3 is 16.2 Å². The minimum Gasteiger partial charge on any atom is -0.465 e. The summed E-state index contributed by atoms with van der Waals surface area (Å²) >= 11 is 0. The largest absolute Gasteiger partial charge is 0.465 e. The van der Waals surface area contributed by atoms with Gasteiger partial charge in [-0.15, -0.1) is 0 Å². The predicted octanol–water partition coefficient (Wildman–Crippen LogP) is 2.25. The number of fused-ring (bicyclic) bond motifs is 3. The molecule has 1 aliphatic carbocycles. The van der Waals surface area contributed by atoms with Crippen molar-refractivity contribution in [2.75, 3.05) is 18.6 Å². The Bertz CT molecular complexity index is 1000. The zero-order valence-corrected chi connectivity index (χ0v) is 14.4. The second-order valence-electron chi connectivity index (χ2n) is 6.48. The van der Waals surface area contributed by atoms with Crippen molar-refractivity contribution in [2.24, 2.45) is 0 Å². The number of carbonyl (C=O) groups excluding carboxylic acids is 1. The summed E-state index contributed by atoms with van der Waals surface area (Å²) in [6, 6.07) is 7.61. The Kier molecular flexibility index (Phi) is 3.91. The maximum atomic E-state index is 11.6. The van der Waals surface area contributed by atoms with Crippen molar-refractivity contribution in [3.63, 3.8) is 0 Å². The summed E-state index contributed by atoms with van der Waals surface area (Å²) in [5, 5.41) is 0.816. The molecule has 1 aliphatic rings. The molecule has 0 aliphatic heterocycles. The van der Waals surface area contributed by atoms with E-state index in [1.54, 1.807) is 0 Å². The van der Waals surface area contributed by atoms with Crippen LogP contribution in [0.2, 0.25) is 0 Å². The average Bonchev–Trinajstić information content (AvgIpc) is 2.66. The van der Waals surface area contributed by atoms with Crippen LogP contribution in [0.4, 0.5) is 11.8 Å². The number of pyridine rings is 1. The van der Waals surface area contributed by atoms with E-state index in [4.69, 9.17) is 16.2 Å². The van der Waals surface area contributed by atoms with Gasteiger partial charge in [0.1, 0.15) is 5.82 Å². The van der Waals surface area contributed by atoms with Crippen molar-refractivity contribution in [1.29, 1.82) is 0 Å². The van der Waals surface area contributed by atoms with Gasteiger partial charge in [-0.3, -0.25) is 0 Å². The first kappa shape index (κ1) is 16.3. The van der Waals surface area contributed by atoms with E-state index in [-0.39, 0.29) is 11.9 Å². The molecule has 2 aromatic heterocycles. The zero-order chi connectivity index (χ0) is 18.3. The first-order valence-corrected chi connectivity index (χ1v) is 8.44.